The van der Waals surface area contributed by atoms with E-state index in [4.69, 9.17) is 9.51 Å². The first-order valence-electron chi connectivity index (χ1n) is 8.13. The minimum Gasteiger partial charge on any atom is -0.338 e. The van der Waals surface area contributed by atoms with E-state index in [9.17, 15) is 0 Å². The molecule has 0 aliphatic heterocycles. The van der Waals surface area contributed by atoms with E-state index in [-0.39, 0.29) is 5.25 Å². The number of aryl methyl sites for hydroxylation is 2. The fraction of sp³-hybridized carbons (Fsp3) is 0.211. The lowest BCUT2D eigenvalue weighted by molar-refractivity contribution is 0.376. The summed E-state index contributed by atoms with van der Waals surface area (Å²) in [6, 6.07) is 16.6. The Morgan fingerprint density at radius 2 is 1.76 bits per heavy atom. The smallest absolute Gasteiger partial charge is 0.239 e. The molecular formula is C19H18N4OS. The van der Waals surface area contributed by atoms with Gasteiger partial charge >= 0.3 is 0 Å². The van der Waals surface area contributed by atoms with E-state index in [0.717, 1.165) is 21.9 Å². The average molecular weight is 350 g/mol. The van der Waals surface area contributed by atoms with Crippen LogP contribution in [-0.2, 0) is 0 Å². The van der Waals surface area contributed by atoms with Gasteiger partial charge in [0.2, 0.25) is 5.89 Å². The van der Waals surface area contributed by atoms with E-state index in [1.54, 1.807) is 11.8 Å². The molecule has 25 heavy (non-hydrogen) atoms. The van der Waals surface area contributed by atoms with Gasteiger partial charge in [0.1, 0.15) is 0 Å². The van der Waals surface area contributed by atoms with Gasteiger partial charge in [0.25, 0.3) is 0 Å². The van der Waals surface area contributed by atoms with Crippen molar-refractivity contribution in [1.29, 1.82) is 0 Å². The van der Waals surface area contributed by atoms with Crippen LogP contribution in [0.1, 0.15) is 29.5 Å². The van der Waals surface area contributed by atoms with Crippen LogP contribution < -0.4 is 0 Å². The first kappa shape index (κ1) is 15.9. The van der Waals surface area contributed by atoms with E-state index < -0.39 is 0 Å². The zero-order valence-electron chi connectivity index (χ0n) is 14.3. The minimum atomic E-state index is 0.0159. The number of hydrogen-bond acceptors (Lipinski definition) is 5. The molecule has 6 heteroatoms. The third-order valence-corrected chi connectivity index (χ3v) is 5.04. The summed E-state index contributed by atoms with van der Waals surface area (Å²) >= 11 is 1.62. The van der Waals surface area contributed by atoms with Crippen molar-refractivity contribution in [2.75, 3.05) is 0 Å². The highest BCUT2D eigenvalue weighted by Gasteiger charge is 2.20. The Labute approximate surface area is 150 Å². The summed E-state index contributed by atoms with van der Waals surface area (Å²) < 4.78 is 7.49. The van der Waals surface area contributed by atoms with Crippen LogP contribution in [0.15, 0.2) is 58.2 Å². The number of benzene rings is 2. The molecular weight excluding hydrogens is 332 g/mol. The van der Waals surface area contributed by atoms with Crippen LogP contribution in [0.25, 0.3) is 16.7 Å². The summed E-state index contributed by atoms with van der Waals surface area (Å²) in [5.41, 5.74) is 4.38. The molecule has 1 atom stereocenters. The maximum atomic E-state index is 5.31. The third kappa shape index (κ3) is 3.05. The highest BCUT2D eigenvalue weighted by molar-refractivity contribution is 7.99. The molecule has 0 aliphatic carbocycles. The number of aromatic nitrogens is 4. The van der Waals surface area contributed by atoms with E-state index >= 15 is 0 Å². The number of fused-ring (bicyclic) bond motifs is 1. The number of hydrogen-bond donors (Lipinski definition) is 0. The summed E-state index contributed by atoms with van der Waals surface area (Å²) in [5.74, 6) is 1.26. The molecule has 4 aromatic rings. The summed E-state index contributed by atoms with van der Waals surface area (Å²) in [5, 5.41) is 4.81. The van der Waals surface area contributed by atoms with Crippen molar-refractivity contribution in [3.05, 3.63) is 65.8 Å². The topological polar surface area (TPSA) is 56.7 Å². The molecule has 0 fully saturated rings. The predicted octanol–water partition coefficient (Wildman–Crippen LogP) is 4.88. The Bertz CT molecular complexity index is 1020. The van der Waals surface area contributed by atoms with Gasteiger partial charge in [0.05, 0.1) is 16.3 Å². The van der Waals surface area contributed by atoms with Gasteiger partial charge in [-0.2, -0.15) is 4.98 Å². The Kier molecular flexibility index (Phi) is 4.05. The molecule has 4 rings (SSSR count). The van der Waals surface area contributed by atoms with Crippen molar-refractivity contribution >= 4 is 22.8 Å². The SMILES string of the molecule is Cc1ccc(-n2c(SC(C)c3nc(C)no3)nc3ccccc32)cc1. The van der Waals surface area contributed by atoms with Crippen LogP contribution >= 0.6 is 11.8 Å². The standard InChI is InChI=1S/C19H18N4OS/c1-12-8-10-15(11-9-12)23-17-7-5-4-6-16(17)21-19(23)25-13(2)18-20-14(3)22-24-18/h4-11,13H,1-3H3. The molecule has 0 saturated carbocycles. The van der Waals surface area contributed by atoms with Gasteiger partial charge in [-0.15, -0.1) is 0 Å². The molecule has 2 aromatic carbocycles. The molecule has 0 radical (unpaired) electrons. The second-order valence-electron chi connectivity index (χ2n) is 5.99. The van der Waals surface area contributed by atoms with Crippen LogP contribution in [0, 0.1) is 13.8 Å². The lowest BCUT2D eigenvalue weighted by Gasteiger charge is -2.11. The van der Waals surface area contributed by atoms with Crippen LogP contribution in [0.4, 0.5) is 0 Å². The minimum absolute atomic E-state index is 0.0159. The van der Waals surface area contributed by atoms with Crippen molar-refractivity contribution in [3.8, 4) is 5.69 Å². The van der Waals surface area contributed by atoms with Crippen molar-refractivity contribution in [1.82, 2.24) is 19.7 Å². The summed E-state index contributed by atoms with van der Waals surface area (Å²) in [7, 11) is 0. The molecule has 126 valence electrons. The molecule has 2 aromatic heterocycles. The fourth-order valence-corrected chi connectivity index (χ4v) is 3.69. The zero-order chi connectivity index (χ0) is 17.4. The fourth-order valence-electron chi connectivity index (χ4n) is 2.71. The lowest BCUT2D eigenvalue weighted by atomic mass is 10.2. The van der Waals surface area contributed by atoms with Gasteiger partial charge < -0.3 is 4.52 Å². The second-order valence-corrected chi connectivity index (χ2v) is 7.30. The maximum Gasteiger partial charge on any atom is 0.239 e. The van der Waals surface area contributed by atoms with E-state index in [1.165, 1.54) is 5.56 Å². The number of nitrogens with zero attached hydrogens (tertiary/aromatic N) is 4. The summed E-state index contributed by atoms with van der Waals surface area (Å²) in [6.45, 7) is 5.97. The van der Waals surface area contributed by atoms with Crippen LogP contribution in [0.2, 0.25) is 0 Å². The van der Waals surface area contributed by atoms with Gasteiger partial charge in [0, 0.05) is 5.69 Å². The van der Waals surface area contributed by atoms with Gasteiger partial charge in [-0.1, -0.05) is 46.7 Å². The Hall–Kier alpha value is -2.60. The normalized spacial score (nSPS) is 12.6. The molecule has 5 nitrogen and oxygen atoms in total. The van der Waals surface area contributed by atoms with Crippen LogP contribution in [0.5, 0.6) is 0 Å². The van der Waals surface area contributed by atoms with Gasteiger partial charge in [0.15, 0.2) is 11.0 Å². The molecule has 0 saturated heterocycles. The molecule has 0 bridgehead atoms. The largest absolute Gasteiger partial charge is 0.338 e. The number of thioether (sulfide) groups is 1. The highest BCUT2D eigenvalue weighted by atomic mass is 32.2. The maximum absolute atomic E-state index is 5.31. The molecule has 2 heterocycles. The van der Waals surface area contributed by atoms with Crippen LogP contribution in [-0.4, -0.2) is 19.7 Å². The second kappa shape index (κ2) is 6.37. The predicted molar refractivity (Wildman–Crippen MR) is 99.1 cm³/mol. The van der Waals surface area contributed by atoms with Crippen LogP contribution in [0.3, 0.4) is 0 Å². The number of rotatable bonds is 4. The number of imidazole rings is 1. The molecule has 0 spiro atoms. The average Bonchev–Trinajstić information content (AvgIpc) is 3.19. The number of para-hydroxylation sites is 2. The first-order chi connectivity index (χ1) is 12.1. The Balaban J connectivity index is 1.80. The Morgan fingerprint density at radius 1 is 1.00 bits per heavy atom. The molecule has 1 unspecified atom stereocenters. The first-order valence-corrected chi connectivity index (χ1v) is 9.01. The zero-order valence-corrected chi connectivity index (χ0v) is 15.1. The molecule has 0 N–H and O–H groups in total. The molecule has 0 aliphatic rings. The monoisotopic (exact) mass is 350 g/mol. The molecule has 0 amide bonds. The van der Waals surface area contributed by atoms with Gasteiger partial charge in [-0.05, 0) is 45.0 Å². The highest BCUT2D eigenvalue weighted by Crippen LogP contribution is 2.36. The summed E-state index contributed by atoms with van der Waals surface area (Å²) in [4.78, 5) is 9.16. The quantitative estimate of drug-likeness (QED) is 0.491. The van der Waals surface area contributed by atoms with Gasteiger partial charge in [-0.25, -0.2) is 4.98 Å². The lowest BCUT2D eigenvalue weighted by Crippen LogP contribution is -1.98. The van der Waals surface area contributed by atoms with E-state index in [1.807, 2.05) is 25.1 Å². The third-order valence-electron chi connectivity index (χ3n) is 4.00. The van der Waals surface area contributed by atoms with Crippen molar-refractivity contribution in [3.63, 3.8) is 0 Å². The van der Waals surface area contributed by atoms with Crippen molar-refractivity contribution < 1.29 is 4.52 Å². The van der Waals surface area contributed by atoms with Crippen molar-refractivity contribution in [2.24, 2.45) is 0 Å². The van der Waals surface area contributed by atoms with E-state index in [0.29, 0.717) is 11.7 Å². The summed E-state index contributed by atoms with van der Waals surface area (Å²) in [6.07, 6.45) is 0. The van der Waals surface area contributed by atoms with Crippen molar-refractivity contribution in [2.45, 2.75) is 31.2 Å². The van der Waals surface area contributed by atoms with Gasteiger partial charge in [-0.3, -0.25) is 4.57 Å². The Morgan fingerprint density at radius 3 is 2.48 bits per heavy atom. The van der Waals surface area contributed by atoms with E-state index in [2.05, 4.69) is 58.9 Å².